The summed E-state index contributed by atoms with van der Waals surface area (Å²) in [4.78, 5) is 0.0318. The van der Waals surface area contributed by atoms with E-state index in [9.17, 15) is 8.42 Å². The molecule has 24 heavy (non-hydrogen) atoms. The Bertz CT molecular complexity index is 622. The highest BCUT2D eigenvalue weighted by atomic mass is 35.5. The van der Waals surface area contributed by atoms with Crippen molar-refractivity contribution < 1.29 is 22.6 Å². The van der Waals surface area contributed by atoms with Gasteiger partial charge in [-0.15, -0.1) is 12.4 Å². The van der Waals surface area contributed by atoms with E-state index in [1.165, 1.54) is 25.6 Å². The predicted octanol–water partition coefficient (Wildman–Crippen LogP) is 1.51. The predicted molar refractivity (Wildman–Crippen MR) is 94.2 cm³/mol. The first-order chi connectivity index (χ1) is 11.0. The zero-order valence-corrected chi connectivity index (χ0v) is 16.0. The average Bonchev–Trinajstić information content (AvgIpc) is 2.60. The highest BCUT2D eigenvalue weighted by molar-refractivity contribution is 7.89. The van der Waals surface area contributed by atoms with Crippen molar-refractivity contribution in [3.8, 4) is 17.2 Å². The summed E-state index contributed by atoms with van der Waals surface area (Å²) in [6.45, 7) is 1.61. The van der Waals surface area contributed by atoms with E-state index in [0.29, 0.717) is 5.75 Å². The van der Waals surface area contributed by atoms with Gasteiger partial charge in [0.2, 0.25) is 10.0 Å². The topological polar surface area (TPSA) is 77.1 Å². The normalized spacial score (nSPS) is 15.7. The van der Waals surface area contributed by atoms with Crippen molar-refractivity contribution in [2.45, 2.75) is 23.8 Å². The number of hydrogen-bond acceptors (Lipinski definition) is 6. The van der Waals surface area contributed by atoms with Gasteiger partial charge in [0.1, 0.15) is 17.2 Å². The van der Waals surface area contributed by atoms with E-state index in [4.69, 9.17) is 14.2 Å². The molecule has 1 N–H and O–H groups in total. The van der Waals surface area contributed by atoms with Crippen LogP contribution in [0, 0.1) is 0 Å². The van der Waals surface area contributed by atoms with Crippen LogP contribution in [0.4, 0.5) is 0 Å². The van der Waals surface area contributed by atoms with E-state index >= 15 is 0 Å². The van der Waals surface area contributed by atoms with Gasteiger partial charge < -0.3 is 19.5 Å². The Morgan fingerprint density at radius 2 is 1.54 bits per heavy atom. The van der Waals surface area contributed by atoms with Gasteiger partial charge in [0, 0.05) is 25.2 Å². The van der Waals surface area contributed by atoms with E-state index in [0.717, 1.165) is 25.9 Å². The van der Waals surface area contributed by atoms with Crippen molar-refractivity contribution in [1.29, 1.82) is 0 Å². The number of benzene rings is 1. The molecular weight excluding hydrogens is 356 g/mol. The van der Waals surface area contributed by atoms with Gasteiger partial charge in [0.15, 0.2) is 4.90 Å². The number of nitrogens with one attached hydrogen (secondary N) is 1. The maximum atomic E-state index is 13.1. The van der Waals surface area contributed by atoms with Crippen LogP contribution in [0.15, 0.2) is 17.0 Å². The second kappa shape index (κ2) is 8.75. The van der Waals surface area contributed by atoms with Gasteiger partial charge in [0.25, 0.3) is 0 Å². The lowest BCUT2D eigenvalue weighted by molar-refractivity contribution is 0.292. The molecule has 0 aromatic heterocycles. The average molecular weight is 381 g/mol. The van der Waals surface area contributed by atoms with E-state index in [2.05, 4.69) is 5.32 Å². The summed E-state index contributed by atoms with van der Waals surface area (Å²) in [5.41, 5.74) is 0. The van der Waals surface area contributed by atoms with Gasteiger partial charge in [-0.2, -0.15) is 4.31 Å². The Hall–Kier alpha value is -1.22. The lowest BCUT2D eigenvalue weighted by atomic mass is 10.1. The Balaban J connectivity index is 0.00000288. The number of methoxy groups -OCH3 is 3. The molecule has 0 spiro atoms. The highest BCUT2D eigenvalue weighted by Crippen LogP contribution is 2.39. The molecule has 1 saturated heterocycles. The van der Waals surface area contributed by atoms with Crippen LogP contribution in [0.3, 0.4) is 0 Å². The fraction of sp³-hybridized carbons (Fsp3) is 0.600. The molecule has 0 bridgehead atoms. The number of rotatable bonds is 6. The van der Waals surface area contributed by atoms with Crippen LogP contribution in [-0.2, 0) is 10.0 Å². The zero-order chi connectivity index (χ0) is 17.0. The van der Waals surface area contributed by atoms with Crippen LogP contribution in [0.5, 0.6) is 17.2 Å². The van der Waals surface area contributed by atoms with Crippen LogP contribution in [0.2, 0.25) is 0 Å². The third-order valence-electron chi connectivity index (χ3n) is 4.13. The number of hydrogen-bond donors (Lipinski definition) is 1. The SMILES string of the molecule is COc1cc(OC)c(S(=O)(=O)N(C)C2CCNCC2)c(OC)c1.Cl. The van der Waals surface area contributed by atoms with E-state index in [-0.39, 0.29) is 34.8 Å². The molecule has 1 aromatic carbocycles. The molecule has 138 valence electrons. The third kappa shape index (κ3) is 4.05. The summed E-state index contributed by atoms with van der Waals surface area (Å²) < 4.78 is 43.3. The molecule has 0 amide bonds. The lowest BCUT2D eigenvalue weighted by Crippen LogP contribution is -2.44. The number of ether oxygens (including phenoxy) is 3. The Morgan fingerprint density at radius 1 is 1.04 bits per heavy atom. The van der Waals surface area contributed by atoms with Crippen molar-refractivity contribution in [3.63, 3.8) is 0 Å². The van der Waals surface area contributed by atoms with Gasteiger partial charge in [-0.25, -0.2) is 8.42 Å². The monoisotopic (exact) mass is 380 g/mol. The minimum Gasteiger partial charge on any atom is -0.496 e. The van der Waals surface area contributed by atoms with Crippen molar-refractivity contribution in [3.05, 3.63) is 12.1 Å². The number of piperidine rings is 1. The molecule has 0 radical (unpaired) electrons. The summed E-state index contributed by atoms with van der Waals surface area (Å²) in [7, 11) is 2.22. The van der Waals surface area contributed by atoms with Gasteiger partial charge >= 0.3 is 0 Å². The molecule has 1 aliphatic heterocycles. The van der Waals surface area contributed by atoms with Crippen molar-refractivity contribution >= 4 is 22.4 Å². The van der Waals surface area contributed by atoms with Crippen molar-refractivity contribution in [2.24, 2.45) is 0 Å². The summed E-state index contributed by atoms with van der Waals surface area (Å²) in [5, 5.41) is 3.23. The van der Waals surface area contributed by atoms with Crippen LogP contribution < -0.4 is 19.5 Å². The number of nitrogens with zero attached hydrogens (tertiary/aromatic N) is 1. The molecule has 0 atom stereocenters. The Kier molecular flexibility index (Phi) is 7.59. The van der Waals surface area contributed by atoms with E-state index < -0.39 is 10.0 Å². The quantitative estimate of drug-likeness (QED) is 0.806. The minimum atomic E-state index is -3.75. The van der Waals surface area contributed by atoms with Gasteiger partial charge in [0.05, 0.1) is 21.3 Å². The van der Waals surface area contributed by atoms with Gasteiger partial charge in [-0.3, -0.25) is 0 Å². The second-order valence-corrected chi connectivity index (χ2v) is 7.30. The summed E-state index contributed by atoms with van der Waals surface area (Å²) in [6.07, 6.45) is 1.55. The second-order valence-electron chi connectivity index (χ2n) is 5.36. The van der Waals surface area contributed by atoms with Crippen LogP contribution in [0.1, 0.15) is 12.8 Å². The molecule has 7 nitrogen and oxygen atoms in total. The molecule has 1 fully saturated rings. The van der Waals surface area contributed by atoms with E-state index in [1.54, 1.807) is 19.2 Å². The standard InChI is InChI=1S/C15H24N2O5S.ClH/c1-17(11-5-7-16-8-6-11)23(18,19)15-13(21-3)9-12(20-2)10-14(15)22-4;/h9-11,16H,5-8H2,1-4H3;1H. The molecule has 0 saturated carbocycles. The Morgan fingerprint density at radius 3 is 1.96 bits per heavy atom. The maximum absolute atomic E-state index is 13.1. The fourth-order valence-electron chi connectivity index (χ4n) is 2.74. The minimum absolute atomic E-state index is 0. The van der Waals surface area contributed by atoms with Crippen LogP contribution >= 0.6 is 12.4 Å². The molecule has 1 aliphatic rings. The Labute approximate surface area is 149 Å². The fourth-order valence-corrected chi connectivity index (χ4v) is 4.42. The molecule has 2 rings (SSSR count). The van der Waals surface area contributed by atoms with Gasteiger partial charge in [-0.05, 0) is 25.9 Å². The van der Waals surface area contributed by atoms with Crippen molar-refractivity contribution in [2.75, 3.05) is 41.5 Å². The first kappa shape index (κ1) is 20.8. The molecular formula is C15H25ClN2O5S. The summed E-state index contributed by atoms with van der Waals surface area (Å²) >= 11 is 0. The summed E-state index contributed by atoms with van der Waals surface area (Å²) in [6, 6.07) is 3.05. The van der Waals surface area contributed by atoms with E-state index in [1.807, 2.05) is 0 Å². The molecule has 0 aliphatic carbocycles. The summed E-state index contributed by atoms with van der Waals surface area (Å²) in [5.74, 6) is 0.895. The number of halogens is 1. The number of sulfonamides is 1. The molecule has 1 heterocycles. The highest BCUT2D eigenvalue weighted by Gasteiger charge is 2.34. The molecule has 9 heteroatoms. The largest absolute Gasteiger partial charge is 0.496 e. The first-order valence-electron chi connectivity index (χ1n) is 7.44. The van der Waals surface area contributed by atoms with Crippen LogP contribution in [-0.4, -0.2) is 60.2 Å². The first-order valence-corrected chi connectivity index (χ1v) is 8.88. The maximum Gasteiger partial charge on any atom is 0.250 e. The van der Waals surface area contributed by atoms with Gasteiger partial charge in [-0.1, -0.05) is 0 Å². The van der Waals surface area contributed by atoms with Crippen LogP contribution in [0.25, 0.3) is 0 Å². The molecule has 0 unspecified atom stereocenters. The smallest absolute Gasteiger partial charge is 0.250 e. The lowest BCUT2D eigenvalue weighted by Gasteiger charge is -2.31. The zero-order valence-electron chi connectivity index (χ0n) is 14.4. The van der Waals surface area contributed by atoms with Crippen molar-refractivity contribution in [1.82, 2.24) is 9.62 Å². The molecule has 1 aromatic rings. The third-order valence-corrected chi connectivity index (χ3v) is 6.10.